The van der Waals surface area contributed by atoms with Crippen LogP contribution < -0.4 is 11.1 Å². The minimum atomic E-state index is -0.363. The van der Waals surface area contributed by atoms with Crippen molar-refractivity contribution in [1.82, 2.24) is 10.2 Å². The number of nitrogens with one attached hydrogen (secondary N) is 1. The van der Waals surface area contributed by atoms with Gasteiger partial charge in [0.2, 0.25) is 0 Å². The quantitative estimate of drug-likeness (QED) is 0.740. The molecule has 1 aliphatic heterocycles. The molecule has 2 aromatic carbocycles. The lowest BCUT2D eigenvalue weighted by molar-refractivity contribution is 0.0656. The maximum absolute atomic E-state index is 12.8. The summed E-state index contributed by atoms with van der Waals surface area (Å²) in [6, 6.07) is 14.5. The lowest BCUT2D eigenvalue weighted by atomic mass is 9.96. The van der Waals surface area contributed by atoms with E-state index in [1.165, 1.54) is 11.0 Å². The Hall–Kier alpha value is -2.99. The molecule has 0 radical (unpaired) electrons. The molecule has 3 N–H and O–H groups in total. The molecule has 150 valence electrons. The summed E-state index contributed by atoms with van der Waals surface area (Å²) in [6.45, 7) is 0.711. The topological polar surface area (TPSA) is 92.5 Å². The fraction of sp³-hybridized carbons (Fsp3) is 0.348. The second-order valence-corrected chi connectivity index (χ2v) is 7.90. The van der Waals surface area contributed by atoms with Gasteiger partial charge < -0.3 is 11.1 Å². The highest BCUT2D eigenvalue weighted by Gasteiger charge is 2.37. The number of fused-ring (bicyclic) bond motifs is 1. The van der Waals surface area contributed by atoms with E-state index < -0.39 is 0 Å². The van der Waals surface area contributed by atoms with Gasteiger partial charge in [0.1, 0.15) is 0 Å². The van der Waals surface area contributed by atoms with Gasteiger partial charge in [0.05, 0.1) is 16.7 Å². The van der Waals surface area contributed by atoms with Gasteiger partial charge in [-0.15, -0.1) is 0 Å². The van der Waals surface area contributed by atoms with Crippen LogP contribution in [0, 0.1) is 0 Å². The molecule has 1 heterocycles. The maximum atomic E-state index is 12.8. The molecule has 2 aromatic rings. The Morgan fingerprint density at radius 3 is 2.38 bits per heavy atom. The molecule has 6 nitrogen and oxygen atoms in total. The standard InChI is InChI=1S/C23H25N3O3/c24-15-23(11-4-5-12-23)25-20(27)17-8-9-18-19(14-17)22(29)26(21(18)28)13-10-16-6-2-1-3-7-16/h1-3,6-9,14H,4-5,10-13,15,24H2,(H,25,27). The van der Waals surface area contributed by atoms with Gasteiger partial charge in [0.15, 0.2) is 0 Å². The molecule has 0 atom stereocenters. The number of carbonyl (C=O) groups excluding carboxylic acids is 3. The predicted octanol–water partition coefficient (Wildman–Crippen LogP) is 2.53. The first-order valence-corrected chi connectivity index (χ1v) is 10.1. The van der Waals surface area contributed by atoms with E-state index in [2.05, 4.69) is 5.32 Å². The molecular weight excluding hydrogens is 366 g/mol. The molecule has 29 heavy (non-hydrogen) atoms. The largest absolute Gasteiger partial charge is 0.345 e. The molecule has 4 rings (SSSR count). The molecule has 0 aromatic heterocycles. The first-order chi connectivity index (χ1) is 14.0. The number of carbonyl (C=O) groups is 3. The van der Waals surface area contributed by atoms with Crippen LogP contribution in [0.4, 0.5) is 0 Å². The summed E-state index contributed by atoms with van der Waals surface area (Å²) < 4.78 is 0. The van der Waals surface area contributed by atoms with Crippen molar-refractivity contribution in [2.75, 3.05) is 13.1 Å². The van der Waals surface area contributed by atoms with Crippen LogP contribution in [0.2, 0.25) is 0 Å². The minimum Gasteiger partial charge on any atom is -0.345 e. The van der Waals surface area contributed by atoms with Gasteiger partial charge in [-0.1, -0.05) is 43.2 Å². The van der Waals surface area contributed by atoms with E-state index in [1.807, 2.05) is 30.3 Å². The lowest BCUT2D eigenvalue weighted by Gasteiger charge is -2.28. The molecule has 1 aliphatic carbocycles. The second-order valence-electron chi connectivity index (χ2n) is 7.90. The van der Waals surface area contributed by atoms with Crippen LogP contribution in [-0.2, 0) is 6.42 Å². The van der Waals surface area contributed by atoms with Gasteiger partial charge in [-0.3, -0.25) is 19.3 Å². The zero-order valence-electron chi connectivity index (χ0n) is 16.3. The highest BCUT2D eigenvalue weighted by Crippen LogP contribution is 2.30. The van der Waals surface area contributed by atoms with Crippen LogP contribution in [-0.4, -0.2) is 41.2 Å². The Balaban J connectivity index is 1.50. The summed E-state index contributed by atoms with van der Waals surface area (Å²) in [7, 11) is 0. The summed E-state index contributed by atoms with van der Waals surface area (Å²) >= 11 is 0. The van der Waals surface area contributed by atoms with E-state index in [1.54, 1.807) is 12.1 Å². The molecule has 0 bridgehead atoms. The first-order valence-electron chi connectivity index (χ1n) is 10.1. The smallest absolute Gasteiger partial charge is 0.261 e. The van der Waals surface area contributed by atoms with Crippen LogP contribution in [0.25, 0.3) is 0 Å². The summed E-state index contributed by atoms with van der Waals surface area (Å²) in [4.78, 5) is 39.5. The van der Waals surface area contributed by atoms with Gasteiger partial charge in [-0.25, -0.2) is 0 Å². The normalized spacial score (nSPS) is 17.5. The van der Waals surface area contributed by atoms with Gasteiger partial charge in [0.25, 0.3) is 17.7 Å². The molecule has 2 aliphatic rings. The van der Waals surface area contributed by atoms with Crippen LogP contribution in [0.3, 0.4) is 0 Å². The lowest BCUT2D eigenvalue weighted by Crippen LogP contribution is -2.51. The number of nitrogens with two attached hydrogens (primary N) is 1. The van der Waals surface area contributed by atoms with Crippen molar-refractivity contribution < 1.29 is 14.4 Å². The molecule has 0 saturated heterocycles. The number of rotatable bonds is 6. The third-order valence-corrected chi connectivity index (χ3v) is 6.03. The van der Waals surface area contributed by atoms with E-state index in [-0.39, 0.29) is 23.3 Å². The number of amides is 3. The average molecular weight is 391 g/mol. The molecule has 3 amide bonds. The van der Waals surface area contributed by atoms with Crippen molar-refractivity contribution in [3.8, 4) is 0 Å². The van der Waals surface area contributed by atoms with Gasteiger partial charge >= 0.3 is 0 Å². The third kappa shape index (κ3) is 3.68. The van der Waals surface area contributed by atoms with Crippen LogP contribution in [0.15, 0.2) is 48.5 Å². The Labute approximate surface area is 170 Å². The zero-order valence-corrected chi connectivity index (χ0v) is 16.3. The first kappa shape index (κ1) is 19.3. The van der Waals surface area contributed by atoms with Gasteiger partial charge in [-0.05, 0) is 43.0 Å². The zero-order chi connectivity index (χ0) is 20.4. The van der Waals surface area contributed by atoms with Gasteiger partial charge in [-0.2, -0.15) is 0 Å². The molecule has 0 unspecified atom stereocenters. The summed E-state index contributed by atoms with van der Waals surface area (Å²) in [6.07, 6.45) is 4.42. The highest BCUT2D eigenvalue weighted by atomic mass is 16.2. The Morgan fingerprint density at radius 1 is 1.00 bits per heavy atom. The number of nitrogens with zero attached hydrogens (tertiary/aromatic N) is 1. The number of hydrogen-bond acceptors (Lipinski definition) is 4. The SMILES string of the molecule is NCC1(NC(=O)c2ccc3c(c2)C(=O)N(CCc2ccccc2)C3=O)CCCC1. The summed E-state index contributed by atoms with van der Waals surface area (Å²) in [5.74, 6) is -0.893. The Morgan fingerprint density at radius 2 is 1.69 bits per heavy atom. The van der Waals surface area contributed by atoms with E-state index in [9.17, 15) is 14.4 Å². The highest BCUT2D eigenvalue weighted by molar-refractivity contribution is 6.22. The predicted molar refractivity (Wildman–Crippen MR) is 110 cm³/mol. The fourth-order valence-corrected chi connectivity index (χ4v) is 4.27. The minimum absolute atomic E-state index is 0.247. The van der Waals surface area contributed by atoms with Crippen LogP contribution >= 0.6 is 0 Å². The molecule has 1 saturated carbocycles. The Kier molecular flexibility index (Phi) is 5.20. The fourth-order valence-electron chi connectivity index (χ4n) is 4.27. The van der Waals surface area contributed by atoms with Crippen LogP contribution in [0.1, 0.15) is 62.3 Å². The number of hydrogen-bond donors (Lipinski definition) is 2. The van der Waals surface area contributed by atoms with E-state index in [4.69, 9.17) is 5.73 Å². The molecule has 6 heteroatoms. The van der Waals surface area contributed by atoms with Crippen LogP contribution in [0.5, 0.6) is 0 Å². The maximum Gasteiger partial charge on any atom is 0.261 e. The molecular formula is C23H25N3O3. The van der Waals surface area contributed by atoms with Crippen molar-refractivity contribution in [3.05, 3.63) is 70.8 Å². The van der Waals surface area contributed by atoms with Gasteiger partial charge in [0, 0.05) is 18.7 Å². The van der Waals surface area contributed by atoms with Crippen molar-refractivity contribution in [3.63, 3.8) is 0 Å². The van der Waals surface area contributed by atoms with Crippen molar-refractivity contribution >= 4 is 17.7 Å². The van der Waals surface area contributed by atoms with Crippen molar-refractivity contribution in [2.45, 2.75) is 37.6 Å². The number of imide groups is 1. The van der Waals surface area contributed by atoms with E-state index in [0.29, 0.717) is 36.2 Å². The van der Waals surface area contributed by atoms with Crippen molar-refractivity contribution in [2.24, 2.45) is 5.73 Å². The number of benzene rings is 2. The molecule has 0 spiro atoms. The molecule has 1 fully saturated rings. The van der Waals surface area contributed by atoms with E-state index >= 15 is 0 Å². The third-order valence-electron chi connectivity index (χ3n) is 6.03. The average Bonchev–Trinajstić information content (AvgIpc) is 3.31. The van der Waals surface area contributed by atoms with E-state index in [0.717, 1.165) is 31.2 Å². The Bertz CT molecular complexity index is 949. The summed E-state index contributed by atoms with van der Waals surface area (Å²) in [5.41, 5.74) is 7.64. The monoisotopic (exact) mass is 391 g/mol. The second kappa shape index (κ2) is 7.79. The summed E-state index contributed by atoms with van der Waals surface area (Å²) in [5, 5.41) is 3.06. The van der Waals surface area contributed by atoms with Crippen molar-refractivity contribution in [1.29, 1.82) is 0 Å².